The Morgan fingerprint density at radius 2 is 2.12 bits per heavy atom. The SMILES string of the molecule is CCCCC1SC(=Nc2ccccc2)NC1=O. The van der Waals surface area contributed by atoms with Gasteiger partial charge in [0, 0.05) is 0 Å². The Kier molecular flexibility index (Phi) is 4.20. The number of hydrogen-bond acceptors (Lipinski definition) is 3. The van der Waals surface area contributed by atoms with E-state index in [2.05, 4.69) is 17.2 Å². The van der Waals surface area contributed by atoms with E-state index in [0.717, 1.165) is 30.1 Å². The molecule has 0 bridgehead atoms. The van der Waals surface area contributed by atoms with Crippen LogP contribution in [0.15, 0.2) is 35.3 Å². The molecule has 2 rings (SSSR count). The smallest absolute Gasteiger partial charge is 0.239 e. The summed E-state index contributed by atoms with van der Waals surface area (Å²) in [6.07, 6.45) is 3.14. The number of para-hydroxylation sites is 1. The Labute approximate surface area is 106 Å². The van der Waals surface area contributed by atoms with E-state index in [0.29, 0.717) is 0 Å². The number of nitrogens with zero attached hydrogens (tertiary/aromatic N) is 1. The molecule has 0 aromatic heterocycles. The first kappa shape index (κ1) is 12.2. The fourth-order valence-corrected chi connectivity index (χ4v) is 2.69. The van der Waals surface area contributed by atoms with Gasteiger partial charge in [0.15, 0.2) is 5.17 Å². The van der Waals surface area contributed by atoms with Crippen molar-refractivity contribution < 1.29 is 4.79 Å². The number of carbonyl (C=O) groups excluding carboxylic acids is 1. The van der Waals surface area contributed by atoms with Gasteiger partial charge in [-0.3, -0.25) is 4.79 Å². The molecule has 1 amide bonds. The highest BCUT2D eigenvalue weighted by atomic mass is 32.2. The Bertz CT molecular complexity index is 417. The van der Waals surface area contributed by atoms with Gasteiger partial charge in [0.2, 0.25) is 5.91 Å². The van der Waals surface area contributed by atoms with Crippen molar-refractivity contribution in [3.8, 4) is 0 Å². The zero-order valence-electron chi connectivity index (χ0n) is 9.85. The molecule has 0 aliphatic carbocycles. The summed E-state index contributed by atoms with van der Waals surface area (Å²) in [6.45, 7) is 2.14. The van der Waals surface area contributed by atoms with Gasteiger partial charge in [0.25, 0.3) is 0 Å². The zero-order chi connectivity index (χ0) is 12.1. The van der Waals surface area contributed by atoms with Gasteiger partial charge in [-0.15, -0.1) is 0 Å². The highest BCUT2D eigenvalue weighted by molar-refractivity contribution is 8.15. The molecule has 1 unspecified atom stereocenters. The highest BCUT2D eigenvalue weighted by Gasteiger charge is 2.29. The lowest BCUT2D eigenvalue weighted by molar-refractivity contribution is -0.118. The number of nitrogens with one attached hydrogen (secondary N) is 1. The van der Waals surface area contributed by atoms with Gasteiger partial charge in [0.1, 0.15) is 0 Å². The minimum absolute atomic E-state index is 0.0393. The maximum atomic E-state index is 11.7. The minimum atomic E-state index is 0.0393. The van der Waals surface area contributed by atoms with Crippen molar-refractivity contribution >= 4 is 28.5 Å². The molecule has 1 N–H and O–H groups in total. The Morgan fingerprint density at radius 1 is 1.35 bits per heavy atom. The second-order valence-electron chi connectivity index (χ2n) is 3.99. The summed E-state index contributed by atoms with van der Waals surface area (Å²) in [6, 6.07) is 9.69. The summed E-state index contributed by atoms with van der Waals surface area (Å²) in [5.74, 6) is 0.0955. The summed E-state index contributed by atoms with van der Waals surface area (Å²) >= 11 is 1.54. The van der Waals surface area contributed by atoms with Gasteiger partial charge in [-0.2, -0.15) is 0 Å². The molecule has 17 heavy (non-hydrogen) atoms. The van der Waals surface area contributed by atoms with Crippen LogP contribution in [0.4, 0.5) is 5.69 Å². The topological polar surface area (TPSA) is 41.5 Å². The summed E-state index contributed by atoms with van der Waals surface area (Å²) in [7, 11) is 0. The van der Waals surface area contributed by atoms with E-state index in [1.807, 2.05) is 30.3 Å². The standard InChI is InChI=1S/C13H16N2OS/c1-2-3-9-11-12(16)15-13(17-11)14-10-7-5-4-6-8-10/h4-8,11H,2-3,9H2,1H3,(H,14,15,16). The molecule has 1 saturated heterocycles. The van der Waals surface area contributed by atoms with E-state index >= 15 is 0 Å². The van der Waals surface area contributed by atoms with Crippen molar-refractivity contribution in [2.24, 2.45) is 4.99 Å². The quantitative estimate of drug-likeness (QED) is 0.889. The van der Waals surface area contributed by atoms with Crippen LogP contribution in [0.3, 0.4) is 0 Å². The van der Waals surface area contributed by atoms with Crippen LogP contribution in [0.5, 0.6) is 0 Å². The summed E-state index contributed by atoms with van der Waals surface area (Å²) in [5.41, 5.74) is 0.881. The van der Waals surface area contributed by atoms with Crippen LogP contribution in [0, 0.1) is 0 Å². The average Bonchev–Trinajstić information content (AvgIpc) is 2.68. The Hall–Kier alpha value is -1.29. The molecule has 1 atom stereocenters. The van der Waals surface area contributed by atoms with Crippen molar-refractivity contribution in [3.05, 3.63) is 30.3 Å². The van der Waals surface area contributed by atoms with Crippen LogP contribution >= 0.6 is 11.8 Å². The summed E-state index contributed by atoms with van der Waals surface area (Å²) in [4.78, 5) is 16.1. The van der Waals surface area contributed by atoms with Crippen LogP contribution in [-0.2, 0) is 4.79 Å². The number of amidine groups is 1. The first-order valence-corrected chi connectivity index (χ1v) is 6.79. The minimum Gasteiger partial charge on any atom is -0.304 e. The first-order valence-electron chi connectivity index (χ1n) is 5.91. The molecule has 1 aliphatic heterocycles. The average molecular weight is 248 g/mol. The van der Waals surface area contributed by atoms with Gasteiger partial charge in [-0.05, 0) is 18.6 Å². The lowest BCUT2D eigenvalue weighted by atomic mass is 10.2. The van der Waals surface area contributed by atoms with Crippen molar-refractivity contribution in [1.29, 1.82) is 0 Å². The molecule has 1 fully saturated rings. The summed E-state index contributed by atoms with van der Waals surface area (Å²) in [5, 5.41) is 3.60. The van der Waals surface area contributed by atoms with Crippen LogP contribution in [0.25, 0.3) is 0 Å². The predicted molar refractivity (Wildman–Crippen MR) is 72.6 cm³/mol. The number of thioether (sulfide) groups is 1. The third kappa shape index (κ3) is 3.33. The van der Waals surface area contributed by atoms with Crippen LogP contribution in [0.2, 0.25) is 0 Å². The molecule has 4 heteroatoms. The van der Waals surface area contributed by atoms with Gasteiger partial charge >= 0.3 is 0 Å². The van der Waals surface area contributed by atoms with E-state index in [9.17, 15) is 4.79 Å². The van der Waals surface area contributed by atoms with Crippen LogP contribution < -0.4 is 5.32 Å². The molecular formula is C13H16N2OS. The van der Waals surface area contributed by atoms with Gasteiger partial charge in [0.05, 0.1) is 10.9 Å². The van der Waals surface area contributed by atoms with E-state index in [1.165, 1.54) is 0 Å². The molecule has 1 aromatic rings. The third-order valence-electron chi connectivity index (χ3n) is 2.58. The third-order valence-corrected chi connectivity index (χ3v) is 3.73. The number of carbonyl (C=O) groups is 1. The zero-order valence-corrected chi connectivity index (χ0v) is 10.7. The fourth-order valence-electron chi connectivity index (χ4n) is 1.66. The second-order valence-corrected chi connectivity index (χ2v) is 5.18. The van der Waals surface area contributed by atoms with E-state index in [1.54, 1.807) is 11.8 Å². The molecule has 1 heterocycles. The molecule has 0 saturated carbocycles. The van der Waals surface area contributed by atoms with Crippen molar-refractivity contribution in [2.45, 2.75) is 31.4 Å². The molecule has 0 spiro atoms. The molecular weight excluding hydrogens is 232 g/mol. The van der Waals surface area contributed by atoms with E-state index in [4.69, 9.17) is 0 Å². The number of rotatable bonds is 4. The van der Waals surface area contributed by atoms with Gasteiger partial charge in [-0.1, -0.05) is 49.7 Å². The van der Waals surface area contributed by atoms with Crippen molar-refractivity contribution in [3.63, 3.8) is 0 Å². The first-order chi connectivity index (χ1) is 8.29. The van der Waals surface area contributed by atoms with E-state index in [-0.39, 0.29) is 11.2 Å². The maximum absolute atomic E-state index is 11.7. The number of hydrogen-bond donors (Lipinski definition) is 1. The number of unbranched alkanes of at least 4 members (excludes halogenated alkanes) is 1. The molecule has 1 aromatic carbocycles. The predicted octanol–water partition coefficient (Wildman–Crippen LogP) is 3.10. The van der Waals surface area contributed by atoms with Crippen molar-refractivity contribution in [2.75, 3.05) is 0 Å². The number of aliphatic imine (C=N–C) groups is 1. The Morgan fingerprint density at radius 3 is 2.82 bits per heavy atom. The maximum Gasteiger partial charge on any atom is 0.239 e. The Balaban J connectivity index is 2.01. The van der Waals surface area contributed by atoms with Crippen LogP contribution in [-0.4, -0.2) is 16.3 Å². The normalized spacial score (nSPS) is 21.8. The number of benzene rings is 1. The lowest BCUT2D eigenvalue weighted by Crippen LogP contribution is -2.24. The molecule has 90 valence electrons. The fraction of sp³-hybridized carbons (Fsp3) is 0.385. The van der Waals surface area contributed by atoms with Gasteiger partial charge < -0.3 is 5.32 Å². The van der Waals surface area contributed by atoms with Crippen LogP contribution in [0.1, 0.15) is 26.2 Å². The second kappa shape index (κ2) is 5.87. The van der Waals surface area contributed by atoms with E-state index < -0.39 is 0 Å². The lowest BCUT2D eigenvalue weighted by Gasteiger charge is -2.01. The molecule has 3 nitrogen and oxygen atoms in total. The molecule has 1 aliphatic rings. The summed E-state index contributed by atoms with van der Waals surface area (Å²) < 4.78 is 0. The highest BCUT2D eigenvalue weighted by Crippen LogP contribution is 2.26. The van der Waals surface area contributed by atoms with Crippen molar-refractivity contribution in [1.82, 2.24) is 5.32 Å². The molecule has 0 radical (unpaired) electrons. The monoisotopic (exact) mass is 248 g/mol. The van der Waals surface area contributed by atoms with Gasteiger partial charge in [-0.25, -0.2) is 4.99 Å². The largest absolute Gasteiger partial charge is 0.304 e. The number of amides is 1.